The molecule has 150 valence electrons. The summed E-state index contributed by atoms with van der Waals surface area (Å²) < 4.78 is 37.2. The van der Waals surface area contributed by atoms with Crippen molar-refractivity contribution in [2.45, 2.75) is 29.9 Å². The Hall–Kier alpha value is -2.38. The first kappa shape index (κ1) is 20.4. The SMILES string of the molecule is CCOC(=O)[C@@]1(CN)[C@@H](c2ccc(OC)cc2)[C@@H]1S(=O)(=O)c1ccc(C)cc1. The Morgan fingerprint density at radius 2 is 1.71 bits per heavy atom. The Balaban J connectivity index is 2.09. The molecule has 2 N–H and O–H groups in total. The highest BCUT2D eigenvalue weighted by Crippen LogP contribution is 2.64. The second kappa shape index (κ2) is 7.56. The largest absolute Gasteiger partial charge is 0.497 e. The Bertz CT molecular complexity index is 953. The lowest BCUT2D eigenvalue weighted by Gasteiger charge is -2.14. The summed E-state index contributed by atoms with van der Waals surface area (Å²) in [4.78, 5) is 13.0. The molecule has 0 heterocycles. The Morgan fingerprint density at radius 3 is 2.21 bits per heavy atom. The molecule has 1 aliphatic rings. The molecule has 0 unspecified atom stereocenters. The van der Waals surface area contributed by atoms with Crippen LogP contribution in [0, 0.1) is 12.3 Å². The van der Waals surface area contributed by atoms with Gasteiger partial charge in [-0.3, -0.25) is 4.79 Å². The highest BCUT2D eigenvalue weighted by molar-refractivity contribution is 7.92. The van der Waals surface area contributed by atoms with E-state index in [-0.39, 0.29) is 18.0 Å². The van der Waals surface area contributed by atoms with Gasteiger partial charge >= 0.3 is 5.97 Å². The van der Waals surface area contributed by atoms with E-state index in [4.69, 9.17) is 15.2 Å². The molecule has 0 spiro atoms. The Labute approximate surface area is 165 Å². The molecule has 1 saturated carbocycles. The minimum atomic E-state index is -3.79. The molecular formula is C21H25NO5S. The second-order valence-electron chi connectivity index (χ2n) is 6.99. The lowest BCUT2D eigenvalue weighted by atomic mass is 9.99. The number of carbonyl (C=O) groups is 1. The standard InChI is InChI=1S/C21H25NO5S/c1-4-27-20(23)21(13-22)18(15-7-9-16(26-3)10-8-15)19(21)28(24,25)17-11-5-14(2)6-12-17/h5-12,18-19H,4,13,22H2,1-3H3/t18-,19-,21-/m0/s1. The van der Waals surface area contributed by atoms with Gasteiger partial charge in [-0.15, -0.1) is 0 Å². The maximum atomic E-state index is 13.4. The number of aryl methyl sites for hydroxylation is 1. The van der Waals surface area contributed by atoms with Crippen LogP contribution in [0.3, 0.4) is 0 Å². The number of sulfone groups is 1. The zero-order chi connectivity index (χ0) is 20.5. The van der Waals surface area contributed by atoms with E-state index in [1.54, 1.807) is 62.6 Å². The van der Waals surface area contributed by atoms with E-state index in [0.717, 1.165) is 11.1 Å². The van der Waals surface area contributed by atoms with Crippen LogP contribution in [0.1, 0.15) is 24.0 Å². The van der Waals surface area contributed by atoms with Crippen molar-refractivity contribution in [2.24, 2.45) is 11.1 Å². The van der Waals surface area contributed by atoms with Crippen molar-refractivity contribution in [3.63, 3.8) is 0 Å². The highest BCUT2D eigenvalue weighted by Gasteiger charge is 2.75. The van der Waals surface area contributed by atoms with Crippen LogP contribution >= 0.6 is 0 Å². The van der Waals surface area contributed by atoms with E-state index >= 15 is 0 Å². The van der Waals surface area contributed by atoms with Crippen molar-refractivity contribution in [3.05, 3.63) is 59.7 Å². The summed E-state index contributed by atoms with van der Waals surface area (Å²) in [6, 6.07) is 13.7. The molecule has 0 radical (unpaired) electrons. The summed E-state index contributed by atoms with van der Waals surface area (Å²) in [5.74, 6) is -0.496. The molecule has 7 heteroatoms. The van der Waals surface area contributed by atoms with Gasteiger partial charge in [0.05, 0.1) is 23.9 Å². The number of hydrogen-bond donors (Lipinski definition) is 1. The molecule has 1 fully saturated rings. The fourth-order valence-electron chi connectivity index (χ4n) is 3.85. The molecule has 2 aromatic carbocycles. The molecule has 3 atom stereocenters. The van der Waals surface area contributed by atoms with E-state index in [0.29, 0.717) is 5.75 Å². The number of carbonyl (C=O) groups excluding carboxylic acids is 1. The molecule has 3 rings (SSSR count). The molecule has 0 aliphatic heterocycles. The lowest BCUT2D eigenvalue weighted by Crippen LogP contribution is -2.33. The van der Waals surface area contributed by atoms with E-state index in [9.17, 15) is 13.2 Å². The third kappa shape index (κ3) is 3.18. The summed E-state index contributed by atoms with van der Waals surface area (Å²) in [6.07, 6.45) is 0. The number of nitrogens with two attached hydrogens (primary N) is 1. The number of benzene rings is 2. The average Bonchev–Trinajstić information content (AvgIpc) is 3.40. The van der Waals surface area contributed by atoms with Gasteiger partial charge < -0.3 is 15.2 Å². The number of ether oxygens (including phenoxy) is 2. The van der Waals surface area contributed by atoms with E-state index in [1.165, 1.54) is 0 Å². The van der Waals surface area contributed by atoms with Crippen molar-refractivity contribution < 1.29 is 22.7 Å². The van der Waals surface area contributed by atoms with Gasteiger partial charge in [-0.05, 0) is 43.7 Å². The van der Waals surface area contributed by atoms with Gasteiger partial charge in [-0.2, -0.15) is 0 Å². The molecule has 0 saturated heterocycles. The Morgan fingerprint density at radius 1 is 1.11 bits per heavy atom. The van der Waals surface area contributed by atoms with Crippen LogP contribution < -0.4 is 10.5 Å². The first-order chi connectivity index (χ1) is 13.3. The van der Waals surface area contributed by atoms with Gasteiger partial charge in [-0.1, -0.05) is 29.8 Å². The minimum Gasteiger partial charge on any atom is -0.497 e. The topological polar surface area (TPSA) is 95.7 Å². The Kier molecular flexibility index (Phi) is 5.50. The van der Waals surface area contributed by atoms with Crippen LogP contribution in [0.25, 0.3) is 0 Å². The fraction of sp³-hybridized carbons (Fsp3) is 0.381. The number of hydrogen-bond acceptors (Lipinski definition) is 6. The fourth-order valence-corrected chi connectivity index (χ4v) is 6.23. The zero-order valence-corrected chi connectivity index (χ0v) is 17.0. The first-order valence-corrected chi connectivity index (χ1v) is 10.7. The second-order valence-corrected chi connectivity index (χ2v) is 9.06. The van der Waals surface area contributed by atoms with Crippen molar-refractivity contribution in [2.75, 3.05) is 20.3 Å². The maximum Gasteiger partial charge on any atom is 0.315 e. The molecule has 1 aliphatic carbocycles. The van der Waals surface area contributed by atoms with E-state index in [1.807, 2.05) is 6.92 Å². The highest BCUT2D eigenvalue weighted by atomic mass is 32.2. The molecule has 6 nitrogen and oxygen atoms in total. The minimum absolute atomic E-state index is 0.113. The van der Waals surface area contributed by atoms with Gasteiger partial charge in [0, 0.05) is 12.5 Å². The van der Waals surface area contributed by atoms with Gasteiger partial charge in [0.25, 0.3) is 0 Å². The smallest absolute Gasteiger partial charge is 0.315 e. The quantitative estimate of drug-likeness (QED) is 0.714. The van der Waals surface area contributed by atoms with Gasteiger partial charge in [-0.25, -0.2) is 8.42 Å². The maximum absolute atomic E-state index is 13.4. The monoisotopic (exact) mass is 403 g/mol. The lowest BCUT2D eigenvalue weighted by molar-refractivity contribution is -0.149. The molecule has 0 aromatic heterocycles. The predicted octanol–water partition coefficient (Wildman–Crippen LogP) is 2.45. The van der Waals surface area contributed by atoms with Gasteiger partial charge in [0.15, 0.2) is 9.84 Å². The summed E-state index contributed by atoms with van der Waals surface area (Å²) in [7, 11) is -2.24. The molecule has 28 heavy (non-hydrogen) atoms. The molecule has 2 aromatic rings. The van der Waals surface area contributed by atoms with Crippen molar-refractivity contribution in [1.82, 2.24) is 0 Å². The van der Waals surface area contributed by atoms with Crippen LogP contribution in [0.15, 0.2) is 53.4 Å². The molecular weight excluding hydrogens is 378 g/mol. The van der Waals surface area contributed by atoms with Gasteiger partial charge in [0.1, 0.15) is 11.2 Å². The van der Waals surface area contributed by atoms with Crippen molar-refractivity contribution in [1.29, 1.82) is 0 Å². The molecule has 0 amide bonds. The van der Waals surface area contributed by atoms with Gasteiger partial charge in [0.2, 0.25) is 0 Å². The average molecular weight is 404 g/mol. The zero-order valence-electron chi connectivity index (χ0n) is 16.2. The molecule has 0 bridgehead atoms. The predicted molar refractivity (Wildman–Crippen MR) is 106 cm³/mol. The summed E-state index contributed by atoms with van der Waals surface area (Å²) in [5.41, 5.74) is 6.36. The number of rotatable bonds is 7. The van der Waals surface area contributed by atoms with Crippen LogP contribution in [-0.4, -0.2) is 39.9 Å². The summed E-state index contributed by atoms with van der Waals surface area (Å²) in [5, 5.41) is -0.972. The van der Waals surface area contributed by atoms with Crippen LogP contribution in [-0.2, 0) is 19.4 Å². The first-order valence-electron chi connectivity index (χ1n) is 9.14. The van der Waals surface area contributed by atoms with Crippen LogP contribution in [0.4, 0.5) is 0 Å². The van der Waals surface area contributed by atoms with E-state index in [2.05, 4.69) is 0 Å². The van der Waals surface area contributed by atoms with Crippen molar-refractivity contribution >= 4 is 15.8 Å². The summed E-state index contributed by atoms with van der Waals surface area (Å²) in [6.45, 7) is 3.62. The normalized spacial score (nSPS) is 23.9. The third-order valence-electron chi connectivity index (χ3n) is 5.41. The number of esters is 1. The van der Waals surface area contributed by atoms with E-state index < -0.39 is 32.4 Å². The number of methoxy groups -OCH3 is 1. The van der Waals surface area contributed by atoms with Crippen LogP contribution in [0.2, 0.25) is 0 Å². The van der Waals surface area contributed by atoms with Crippen molar-refractivity contribution in [3.8, 4) is 5.75 Å². The summed E-state index contributed by atoms with van der Waals surface area (Å²) >= 11 is 0. The third-order valence-corrected chi connectivity index (χ3v) is 7.70. The van der Waals surface area contributed by atoms with Crippen LogP contribution in [0.5, 0.6) is 5.75 Å².